The van der Waals surface area contributed by atoms with Crippen molar-refractivity contribution < 1.29 is 9.18 Å². The monoisotopic (exact) mass is 434 g/mol. The Labute approximate surface area is 181 Å². The summed E-state index contributed by atoms with van der Waals surface area (Å²) in [6.07, 6.45) is 6.23. The van der Waals surface area contributed by atoms with Crippen molar-refractivity contribution in [3.8, 4) is 5.82 Å². The molecule has 0 radical (unpaired) electrons. The first-order valence-corrected chi connectivity index (χ1v) is 10.0. The number of carbonyl (C=O) groups is 1. The first kappa shape index (κ1) is 19.7. The van der Waals surface area contributed by atoms with Gasteiger partial charge in [0, 0.05) is 31.5 Å². The number of amides is 1. The van der Waals surface area contributed by atoms with Crippen LogP contribution < -0.4 is 21.5 Å². The average Bonchev–Trinajstić information content (AvgIpc) is 3.50. The minimum Gasteiger partial charge on any atom is -0.373 e. The van der Waals surface area contributed by atoms with Crippen molar-refractivity contribution in [1.82, 2.24) is 29.5 Å². The minimum absolute atomic E-state index is 0.102. The fourth-order valence-electron chi connectivity index (χ4n) is 3.30. The SMILES string of the molecule is CNc1cc(Nc2cccn(-c3ncccc3F)c2=O)nc2c(C(=O)NC3CC3)cnn12. The van der Waals surface area contributed by atoms with Crippen LogP contribution in [-0.2, 0) is 0 Å². The van der Waals surface area contributed by atoms with Crippen molar-refractivity contribution in [2.24, 2.45) is 0 Å². The van der Waals surface area contributed by atoms with Crippen LogP contribution in [0.3, 0.4) is 0 Å². The number of anilines is 3. The predicted molar refractivity (Wildman–Crippen MR) is 116 cm³/mol. The third-order valence-corrected chi connectivity index (χ3v) is 5.06. The molecule has 10 nitrogen and oxygen atoms in total. The summed E-state index contributed by atoms with van der Waals surface area (Å²) in [6, 6.07) is 7.69. The number of nitrogens with zero attached hydrogens (tertiary/aromatic N) is 5. The Balaban J connectivity index is 1.54. The second kappa shape index (κ2) is 7.76. The lowest BCUT2D eigenvalue weighted by Crippen LogP contribution is -2.25. The van der Waals surface area contributed by atoms with Crippen molar-refractivity contribution >= 4 is 28.9 Å². The van der Waals surface area contributed by atoms with Gasteiger partial charge in [-0.3, -0.25) is 14.2 Å². The zero-order chi connectivity index (χ0) is 22.2. The van der Waals surface area contributed by atoms with Crippen LogP contribution in [0.15, 0.2) is 53.7 Å². The van der Waals surface area contributed by atoms with Crippen LogP contribution in [0.2, 0.25) is 0 Å². The molecule has 0 bridgehead atoms. The molecule has 11 heteroatoms. The van der Waals surface area contributed by atoms with Crippen LogP contribution in [0.5, 0.6) is 0 Å². The van der Waals surface area contributed by atoms with Gasteiger partial charge in [-0.2, -0.15) is 9.61 Å². The molecule has 5 rings (SSSR count). The second-order valence-corrected chi connectivity index (χ2v) is 7.35. The summed E-state index contributed by atoms with van der Waals surface area (Å²) in [6.45, 7) is 0. The normalized spacial score (nSPS) is 13.2. The highest BCUT2D eigenvalue weighted by Crippen LogP contribution is 2.23. The number of hydrogen-bond donors (Lipinski definition) is 3. The number of rotatable bonds is 6. The van der Waals surface area contributed by atoms with Gasteiger partial charge < -0.3 is 16.0 Å². The number of halogens is 1. The maximum absolute atomic E-state index is 14.2. The lowest BCUT2D eigenvalue weighted by atomic mass is 10.3. The Kier molecular flexibility index (Phi) is 4.77. The Hall–Kier alpha value is -4.28. The maximum Gasteiger partial charge on any atom is 0.280 e. The lowest BCUT2D eigenvalue weighted by Gasteiger charge is -2.11. The van der Waals surface area contributed by atoms with Crippen LogP contribution in [-0.4, -0.2) is 43.1 Å². The topological polar surface area (TPSA) is 118 Å². The number of fused-ring (bicyclic) bond motifs is 1. The molecule has 0 aromatic carbocycles. The van der Waals surface area contributed by atoms with E-state index in [1.54, 1.807) is 25.2 Å². The summed E-state index contributed by atoms with van der Waals surface area (Å²) in [4.78, 5) is 34.0. The van der Waals surface area contributed by atoms with Gasteiger partial charge in [0.05, 0.1) is 6.20 Å². The van der Waals surface area contributed by atoms with E-state index >= 15 is 0 Å². The van der Waals surface area contributed by atoms with E-state index in [9.17, 15) is 14.0 Å². The summed E-state index contributed by atoms with van der Waals surface area (Å²) in [7, 11) is 1.71. The van der Waals surface area contributed by atoms with E-state index in [0.29, 0.717) is 22.8 Å². The summed E-state index contributed by atoms with van der Waals surface area (Å²) >= 11 is 0. The number of nitrogens with one attached hydrogen (secondary N) is 3. The summed E-state index contributed by atoms with van der Waals surface area (Å²) in [5.74, 6) is -0.0827. The van der Waals surface area contributed by atoms with Gasteiger partial charge in [-0.1, -0.05) is 0 Å². The van der Waals surface area contributed by atoms with Crippen molar-refractivity contribution in [1.29, 1.82) is 0 Å². The molecule has 0 saturated heterocycles. The minimum atomic E-state index is -0.616. The molecular formula is C21H19FN8O2. The van der Waals surface area contributed by atoms with Gasteiger partial charge in [0.25, 0.3) is 11.5 Å². The molecule has 0 spiro atoms. The van der Waals surface area contributed by atoms with Crippen LogP contribution in [0.25, 0.3) is 11.5 Å². The zero-order valence-corrected chi connectivity index (χ0v) is 17.0. The van der Waals surface area contributed by atoms with Crippen molar-refractivity contribution in [3.63, 3.8) is 0 Å². The Morgan fingerprint density at radius 1 is 1.25 bits per heavy atom. The van der Waals surface area contributed by atoms with Crippen molar-refractivity contribution in [3.05, 3.63) is 70.7 Å². The first-order chi connectivity index (χ1) is 15.5. The Bertz CT molecular complexity index is 1390. The lowest BCUT2D eigenvalue weighted by molar-refractivity contribution is 0.0952. The molecule has 1 aliphatic carbocycles. The molecule has 32 heavy (non-hydrogen) atoms. The van der Waals surface area contributed by atoms with Gasteiger partial charge in [-0.25, -0.2) is 14.4 Å². The van der Waals surface area contributed by atoms with Crippen LogP contribution in [0.1, 0.15) is 23.2 Å². The molecule has 1 fully saturated rings. The van der Waals surface area contributed by atoms with Crippen molar-refractivity contribution in [2.45, 2.75) is 18.9 Å². The summed E-state index contributed by atoms with van der Waals surface area (Å²) < 4.78 is 16.8. The van der Waals surface area contributed by atoms with Gasteiger partial charge in [-0.15, -0.1) is 0 Å². The number of carbonyl (C=O) groups excluding carboxylic acids is 1. The summed E-state index contributed by atoms with van der Waals surface area (Å²) in [5.41, 5.74) is 0.334. The third kappa shape index (κ3) is 3.53. The quantitative estimate of drug-likeness (QED) is 0.425. The number of pyridine rings is 2. The van der Waals surface area contributed by atoms with Gasteiger partial charge in [-0.05, 0) is 37.1 Å². The first-order valence-electron chi connectivity index (χ1n) is 10.0. The van der Waals surface area contributed by atoms with E-state index in [1.165, 1.54) is 35.2 Å². The third-order valence-electron chi connectivity index (χ3n) is 5.06. The van der Waals surface area contributed by atoms with E-state index in [4.69, 9.17) is 0 Å². The molecule has 3 N–H and O–H groups in total. The fourth-order valence-corrected chi connectivity index (χ4v) is 3.30. The predicted octanol–water partition coefficient (Wildman–Crippen LogP) is 2.09. The average molecular weight is 434 g/mol. The maximum atomic E-state index is 14.2. The number of aromatic nitrogens is 5. The molecule has 4 aromatic rings. The highest BCUT2D eigenvalue weighted by atomic mass is 19.1. The highest BCUT2D eigenvalue weighted by molar-refractivity contribution is 6.00. The van der Waals surface area contributed by atoms with Crippen LogP contribution >= 0.6 is 0 Å². The molecule has 0 atom stereocenters. The Morgan fingerprint density at radius 3 is 2.84 bits per heavy atom. The van der Waals surface area contributed by atoms with Gasteiger partial charge in [0.2, 0.25) is 0 Å². The highest BCUT2D eigenvalue weighted by Gasteiger charge is 2.26. The standard InChI is InChI=1S/C21H19FN8O2/c1-23-17-10-16(28-18-13(11-25-30(17)18)20(31)26-12-6-7-12)27-15-5-3-9-29(21(15)32)19-14(22)4-2-8-24-19/h2-5,8-12,23H,6-7H2,1H3,(H,26,31)(H,27,28). The molecule has 1 amide bonds. The molecule has 4 heterocycles. The van der Waals surface area contributed by atoms with Gasteiger partial charge >= 0.3 is 0 Å². The van der Waals surface area contributed by atoms with Gasteiger partial charge in [0.15, 0.2) is 17.3 Å². The van der Waals surface area contributed by atoms with Crippen LogP contribution in [0.4, 0.5) is 21.7 Å². The molecule has 1 aliphatic rings. The largest absolute Gasteiger partial charge is 0.373 e. The zero-order valence-electron chi connectivity index (χ0n) is 17.0. The molecule has 1 saturated carbocycles. The fraction of sp³-hybridized carbons (Fsp3) is 0.190. The molecule has 0 unspecified atom stereocenters. The van der Waals surface area contributed by atoms with E-state index in [2.05, 4.69) is 31.0 Å². The Morgan fingerprint density at radius 2 is 2.09 bits per heavy atom. The number of hydrogen-bond acceptors (Lipinski definition) is 7. The van der Waals surface area contributed by atoms with E-state index in [0.717, 1.165) is 17.4 Å². The molecule has 162 valence electrons. The smallest absolute Gasteiger partial charge is 0.280 e. The summed E-state index contributed by atoms with van der Waals surface area (Å²) in [5, 5.41) is 13.2. The molecule has 4 aromatic heterocycles. The van der Waals surface area contributed by atoms with Crippen molar-refractivity contribution in [2.75, 3.05) is 17.7 Å². The van der Waals surface area contributed by atoms with E-state index in [-0.39, 0.29) is 23.5 Å². The molecule has 0 aliphatic heterocycles. The van der Waals surface area contributed by atoms with Crippen LogP contribution in [0, 0.1) is 5.82 Å². The second-order valence-electron chi connectivity index (χ2n) is 7.35. The molecular weight excluding hydrogens is 415 g/mol. The van der Waals surface area contributed by atoms with E-state index in [1.807, 2.05) is 0 Å². The van der Waals surface area contributed by atoms with Gasteiger partial charge in [0.1, 0.15) is 22.9 Å². The van der Waals surface area contributed by atoms with E-state index < -0.39 is 11.4 Å².